The zero-order valence-electron chi connectivity index (χ0n) is 10.3. The summed E-state index contributed by atoms with van der Waals surface area (Å²) in [6, 6.07) is 3.95. The number of pyridine rings is 1. The summed E-state index contributed by atoms with van der Waals surface area (Å²) in [5.74, 6) is 1.59. The topological polar surface area (TPSA) is 48.7 Å². The molecule has 1 N–H and O–H groups in total. The van der Waals surface area contributed by atoms with Crippen molar-refractivity contribution in [2.75, 3.05) is 11.9 Å². The van der Waals surface area contributed by atoms with E-state index in [2.05, 4.69) is 23.3 Å². The molecule has 1 aliphatic rings. The maximum Gasteiger partial charge on any atom is 0.101 e. The van der Waals surface area contributed by atoms with Crippen LogP contribution >= 0.6 is 0 Å². The summed E-state index contributed by atoms with van der Waals surface area (Å²) in [6.45, 7) is 3.29. The molecule has 1 fully saturated rings. The van der Waals surface area contributed by atoms with Crippen molar-refractivity contribution in [3.05, 3.63) is 24.0 Å². The van der Waals surface area contributed by atoms with Gasteiger partial charge in [-0.15, -0.1) is 0 Å². The highest BCUT2D eigenvalue weighted by Crippen LogP contribution is 2.28. The Balaban J connectivity index is 1.91. The highest BCUT2D eigenvalue weighted by Gasteiger charge is 2.18. The molecule has 2 unspecified atom stereocenters. The molecule has 0 amide bonds. The van der Waals surface area contributed by atoms with Crippen LogP contribution in [0.15, 0.2) is 18.5 Å². The van der Waals surface area contributed by atoms with Crippen LogP contribution in [0.5, 0.6) is 0 Å². The smallest absolute Gasteiger partial charge is 0.101 e. The van der Waals surface area contributed by atoms with Gasteiger partial charge in [-0.3, -0.25) is 4.98 Å². The average Bonchev–Trinajstić information content (AvgIpc) is 2.37. The predicted octanol–water partition coefficient (Wildman–Crippen LogP) is 3.19. The van der Waals surface area contributed by atoms with Crippen molar-refractivity contribution in [1.29, 1.82) is 5.26 Å². The van der Waals surface area contributed by atoms with Crippen molar-refractivity contribution in [3.8, 4) is 6.07 Å². The van der Waals surface area contributed by atoms with E-state index in [0.717, 1.165) is 24.1 Å². The number of hydrogen-bond acceptors (Lipinski definition) is 3. The fraction of sp³-hybridized carbons (Fsp3) is 0.571. The molecule has 90 valence electrons. The quantitative estimate of drug-likeness (QED) is 0.866. The predicted molar refractivity (Wildman–Crippen MR) is 68.6 cm³/mol. The Morgan fingerprint density at radius 3 is 3.18 bits per heavy atom. The minimum absolute atomic E-state index is 0.684. The average molecular weight is 229 g/mol. The van der Waals surface area contributed by atoms with Gasteiger partial charge in [0.15, 0.2) is 0 Å². The first-order valence-electron chi connectivity index (χ1n) is 6.37. The van der Waals surface area contributed by atoms with Gasteiger partial charge in [-0.05, 0) is 30.7 Å². The van der Waals surface area contributed by atoms with Gasteiger partial charge in [0.2, 0.25) is 0 Å². The largest absolute Gasteiger partial charge is 0.382 e. The third kappa shape index (κ3) is 3.20. The van der Waals surface area contributed by atoms with Crippen LogP contribution < -0.4 is 5.32 Å². The number of hydrogen-bond donors (Lipinski definition) is 1. The van der Waals surface area contributed by atoms with Crippen molar-refractivity contribution >= 4 is 5.69 Å². The van der Waals surface area contributed by atoms with E-state index in [-0.39, 0.29) is 0 Å². The first-order valence-corrected chi connectivity index (χ1v) is 6.37. The number of nitrogens with zero attached hydrogens (tertiary/aromatic N) is 2. The van der Waals surface area contributed by atoms with Gasteiger partial charge in [0.25, 0.3) is 0 Å². The molecule has 2 rings (SSSR count). The summed E-state index contributed by atoms with van der Waals surface area (Å²) in [7, 11) is 0. The second-order valence-electron chi connectivity index (χ2n) is 5.05. The third-order valence-corrected chi connectivity index (χ3v) is 3.57. The van der Waals surface area contributed by atoms with E-state index in [9.17, 15) is 0 Å². The second-order valence-corrected chi connectivity index (χ2v) is 5.05. The molecular weight excluding hydrogens is 210 g/mol. The minimum Gasteiger partial charge on any atom is -0.382 e. The molecule has 0 saturated heterocycles. The molecule has 0 aliphatic heterocycles. The van der Waals surface area contributed by atoms with Gasteiger partial charge in [0, 0.05) is 12.7 Å². The van der Waals surface area contributed by atoms with Crippen molar-refractivity contribution in [3.63, 3.8) is 0 Å². The number of nitriles is 1. The fourth-order valence-electron chi connectivity index (χ4n) is 2.63. The zero-order valence-corrected chi connectivity index (χ0v) is 10.3. The molecule has 0 aromatic carbocycles. The summed E-state index contributed by atoms with van der Waals surface area (Å²) in [6.07, 6.45) is 8.71. The molecule has 1 saturated carbocycles. The van der Waals surface area contributed by atoms with E-state index in [4.69, 9.17) is 5.26 Å². The molecule has 1 heterocycles. The molecular formula is C14H19N3. The van der Waals surface area contributed by atoms with Gasteiger partial charge >= 0.3 is 0 Å². The van der Waals surface area contributed by atoms with E-state index < -0.39 is 0 Å². The van der Waals surface area contributed by atoms with Gasteiger partial charge in [-0.25, -0.2) is 0 Å². The maximum atomic E-state index is 8.98. The molecule has 17 heavy (non-hydrogen) atoms. The Hall–Kier alpha value is -1.56. The lowest BCUT2D eigenvalue weighted by Gasteiger charge is -2.27. The maximum absolute atomic E-state index is 8.98. The van der Waals surface area contributed by atoms with Gasteiger partial charge in [0.05, 0.1) is 17.4 Å². The number of anilines is 1. The van der Waals surface area contributed by atoms with Gasteiger partial charge in [-0.2, -0.15) is 5.26 Å². The van der Waals surface area contributed by atoms with Crippen LogP contribution in [0.3, 0.4) is 0 Å². The molecule has 3 nitrogen and oxygen atoms in total. The lowest BCUT2D eigenvalue weighted by atomic mass is 9.82. The van der Waals surface area contributed by atoms with Crippen LogP contribution in [-0.4, -0.2) is 11.5 Å². The number of nitrogens with one attached hydrogen (secondary N) is 1. The van der Waals surface area contributed by atoms with Crippen LogP contribution in [0, 0.1) is 23.2 Å². The fourth-order valence-corrected chi connectivity index (χ4v) is 2.63. The van der Waals surface area contributed by atoms with E-state index >= 15 is 0 Å². The Morgan fingerprint density at radius 2 is 2.41 bits per heavy atom. The Labute approximate surface area is 103 Å². The number of rotatable bonds is 3. The second kappa shape index (κ2) is 5.67. The highest BCUT2D eigenvalue weighted by atomic mass is 14.9. The SMILES string of the molecule is CC1CCCC(CNc2cnccc2C#N)C1. The molecule has 3 heteroatoms. The normalized spacial score (nSPS) is 24.0. The van der Waals surface area contributed by atoms with E-state index in [1.54, 1.807) is 18.5 Å². The van der Waals surface area contributed by atoms with E-state index in [1.807, 2.05) is 0 Å². The Kier molecular flexibility index (Phi) is 3.98. The monoisotopic (exact) mass is 229 g/mol. The summed E-state index contributed by atoms with van der Waals surface area (Å²) in [5.41, 5.74) is 1.55. The van der Waals surface area contributed by atoms with E-state index in [0.29, 0.717) is 5.56 Å². The van der Waals surface area contributed by atoms with Gasteiger partial charge < -0.3 is 5.32 Å². The van der Waals surface area contributed by atoms with Crippen LogP contribution in [0.4, 0.5) is 5.69 Å². The third-order valence-electron chi connectivity index (χ3n) is 3.57. The lowest BCUT2D eigenvalue weighted by Crippen LogP contribution is -2.21. The lowest BCUT2D eigenvalue weighted by molar-refractivity contribution is 0.293. The van der Waals surface area contributed by atoms with Crippen LogP contribution in [-0.2, 0) is 0 Å². The molecule has 1 aromatic heterocycles. The Morgan fingerprint density at radius 1 is 1.53 bits per heavy atom. The summed E-state index contributed by atoms with van der Waals surface area (Å²) < 4.78 is 0. The minimum atomic E-state index is 0.684. The Bertz CT molecular complexity index is 408. The molecule has 0 bridgehead atoms. The van der Waals surface area contributed by atoms with Crippen molar-refractivity contribution in [2.24, 2.45) is 11.8 Å². The molecule has 1 aromatic rings. The summed E-state index contributed by atoms with van der Waals surface area (Å²) >= 11 is 0. The summed E-state index contributed by atoms with van der Waals surface area (Å²) in [5, 5.41) is 12.3. The number of aromatic nitrogens is 1. The summed E-state index contributed by atoms with van der Waals surface area (Å²) in [4.78, 5) is 4.06. The molecule has 2 atom stereocenters. The molecule has 1 aliphatic carbocycles. The zero-order chi connectivity index (χ0) is 12.1. The van der Waals surface area contributed by atoms with Gasteiger partial charge in [-0.1, -0.05) is 19.8 Å². The van der Waals surface area contributed by atoms with Crippen molar-refractivity contribution < 1.29 is 0 Å². The van der Waals surface area contributed by atoms with Crippen LogP contribution in [0.25, 0.3) is 0 Å². The first-order chi connectivity index (χ1) is 8.29. The van der Waals surface area contributed by atoms with Gasteiger partial charge in [0.1, 0.15) is 6.07 Å². The van der Waals surface area contributed by atoms with E-state index in [1.165, 1.54) is 25.7 Å². The van der Waals surface area contributed by atoms with Crippen LogP contribution in [0.1, 0.15) is 38.2 Å². The van der Waals surface area contributed by atoms with Crippen molar-refractivity contribution in [1.82, 2.24) is 4.98 Å². The molecule has 0 spiro atoms. The highest BCUT2D eigenvalue weighted by molar-refractivity contribution is 5.55. The first kappa shape index (κ1) is 11.9. The van der Waals surface area contributed by atoms with Crippen LogP contribution in [0.2, 0.25) is 0 Å². The standard InChI is InChI=1S/C14H19N3/c1-11-3-2-4-12(7-11)9-17-14-10-16-6-5-13(14)8-15/h5-6,10-12,17H,2-4,7,9H2,1H3. The van der Waals surface area contributed by atoms with Crippen molar-refractivity contribution in [2.45, 2.75) is 32.6 Å². The molecule has 0 radical (unpaired) electrons.